The van der Waals surface area contributed by atoms with Crippen molar-refractivity contribution in [3.05, 3.63) is 36.1 Å². The lowest BCUT2D eigenvalue weighted by Gasteiger charge is -2.29. The normalized spacial score (nSPS) is 13.6. The highest BCUT2D eigenvalue weighted by atomic mass is 16.3. The molecule has 18 heavy (non-hydrogen) atoms. The van der Waals surface area contributed by atoms with Crippen molar-refractivity contribution in [2.75, 3.05) is 0 Å². The fourth-order valence-electron chi connectivity index (χ4n) is 1.62. The third-order valence-electron chi connectivity index (χ3n) is 3.21. The summed E-state index contributed by atoms with van der Waals surface area (Å²) in [5.74, 6) is -0.245. The van der Waals surface area contributed by atoms with E-state index in [2.05, 4.69) is 5.32 Å². The molecule has 2 rings (SSSR count). The summed E-state index contributed by atoms with van der Waals surface area (Å²) in [6.45, 7) is 5.20. The van der Waals surface area contributed by atoms with Gasteiger partial charge in [0, 0.05) is 5.39 Å². The summed E-state index contributed by atoms with van der Waals surface area (Å²) < 4.78 is 5.32. The first-order chi connectivity index (χ1) is 8.42. The van der Waals surface area contributed by atoms with E-state index in [9.17, 15) is 9.90 Å². The summed E-state index contributed by atoms with van der Waals surface area (Å²) in [5.41, 5.74) is 0.479. The number of nitrogens with one attached hydrogen (secondary N) is 1. The van der Waals surface area contributed by atoms with E-state index in [0.29, 0.717) is 11.1 Å². The number of benzene rings is 1. The van der Waals surface area contributed by atoms with Crippen molar-refractivity contribution in [1.29, 1.82) is 0 Å². The summed E-state index contributed by atoms with van der Waals surface area (Å²) >= 11 is 0. The minimum absolute atomic E-state index is 0.245. The fraction of sp³-hybridized carbons (Fsp3) is 0.357. The standard InChI is InChI=1S/C14H17NO3/c1-9(16)14(2,3)15-13(17)11-8-18-12-7-5-4-6-10(11)12/h4-9,16H,1-3H3,(H,15,17). The second kappa shape index (κ2) is 4.46. The Hall–Kier alpha value is -1.81. The molecule has 1 amide bonds. The van der Waals surface area contributed by atoms with Crippen LogP contribution in [0.25, 0.3) is 11.0 Å². The largest absolute Gasteiger partial charge is 0.463 e. The van der Waals surface area contributed by atoms with E-state index < -0.39 is 11.6 Å². The Labute approximate surface area is 106 Å². The molecule has 0 radical (unpaired) electrons. The molecule has 0 saturated carbocycles. The Morgan fingerprint density at radius 2 is 2.06 bits per heavy atom. The van der Waals surface area contributed by atoms with Gasteiger partial charge in [0.25, 0.3) is 5.91 Å². The maximum atomic E-state index is 12.2. The van der Waals surface area contributed by atoms with Crippen LogP contribution in [0.15, 0.2) is 34.9 Å². The van der Waals surface area contributed by atoms with Crippen LogP contribution in [0.2, 0.25) is 0 Å². The van der Waals surface area contributed by atoms with Crippen LogP contribution in [0, 0.1) is 0 Å². The summed E-state index contributed by atoms with van der Waals surface area (Å²) in [4.78, 5) is 12.2. The van der Waals surface area contributed by atoms with Gasteiger partial charge in [-0.25, -0.2) is 0 Å². The van der Waals surface area contributed by atoms with Crippen LogP contribution in [-0.2, 0) is 0 Å². The number of fused-ring (bicyclic) bond motifs is 1. The second-order valence-electron chi connectivity index (χ2n) is 5.00. The van der Waals surface area contributed by atoms with Gasteiger partial charge in [0.2, 0.25) is 0 Å². The lowest BCUT2D eigenvalue weighted by molar-refractivity contribution is 0.0710. The van der Waals surface area contributed by atoms with Crippen LogP contribution >= 0.6 is 0 Å². The first kappa shape index (κ1) is 12.6. The SMILES string of the molecule is CC(O)C(C)(C)NC(=O)c1coc2ccccc12. The van der Waals surface area contributed by atoms with Gasteiger partial charge in [-0.05, 0) is 26.8 Å². The third kappa shape index (κ3) is 2.24. The maximum Gasteiger partial charge on any atom is 0.255 e. The molecule has 0 fully saturated rings. The molecule has 0 saturated heterocycles. The van der Waals surface area contributed by atoms with E-state index in [4.69, 9.17) is 4.42 Å². The zero-order valence-corrected chi connectivity index (χ0v) is 10.7. The molecule has 96 valence electrons. The topological polar surface area (TPSA) is 62.5 Å². The zero-order valence-electron chi connectivity index (χ0n) is 10.7. The van der Waals surface area contributed by atoms with Crippen molar-refractivity contribution in [3.63, 3.8) is 0 Å². The fourth-order valence-corrected chi connectivity index (χ4v) is 1.62. The predicted molar refractivity (Wildman–Crippen MR) is 69.4 cm³/mol. The van der Waals surface area contributed by atoms with E-state index in [1.807, 2.05) is 24.3 Å². The molecule has 0 aliphatic carbocycles. The van der Waals surface area contributed by atoms with Gasteiger partial charge in [-0.15, -0.1) is 0 Å². The first-order valence-corrected chi connectivity index (χ1v) is 5.88. The summed E-state index contributed by atoms with van der Waals surface area (Å²) in [6.07, 6.45) is 0.803. The number of carbonyl (C=O) groups is 1. The van der Waals surface area contributed by atoms with Gasteiger partial charge in [0.05, 0.1) is 17.2 Å². The van der Waals surface area contributed by atoms with Gasteiger partial charge in [0.15, 0.2) is 0 Å². The molecular formula is C14H17NO3. The highest BCUT2D eigenvalue weighted by molar-refractivity contribution is 6.06. The molecule has 4 heteroatoms. The average molecular weight is 247 g/mol. The van der Waals surface area contributed by atoms with E-state index in [1.54, 1.807) is 20.8 Å². The Balaban J connectivity index is 2.30. The number of carbonyl (C=O) groups excluding carboxylic acids is 1. The molecule has 1 aromatic heterocycles. The summed E-state index contributed by atoms with van der Waals surface area (Å²) in [6, 6.07) is 7.36. The number of aliphatic hydroxyl groups is 1. The van der Waals surface area contributed by atoms with Crippen LogP contribution in [0.3, 0.4) is 0 Å². The molecule has 2 N–H and O–H groups in total. The number of hydrogen-bond acceptors (Lipinski definition) is 3. The molecule has 0 aliphatic heterocycles. The molecular weight excluding hydrogens is 230 g/mol. The summed E-state index contributed by atoms with van der Waals surface area (Å²) in [5, 5.41) is 13.2. The van der Waals surface area contributed by atoms with E-state index in [-0.39, 0.29) is 5.91 Å². The first-order valence-electron chi connectivity index (χ1n) is 5.88. The van der Waals surface area contributed by atoms with Crippen molar-refractivity contribution in [2.45, 2.75) is 32.4 Å². The molecule has 1 atom stereocenters. The van der Waals surface area contributed by atoms with E-state index in [1.165, 1.54) is 6.26 Å². The monoisotopic (exact) mass is 247 g/mol. The number of amides is 1. The predicted octanol–water partition coefficient (Wildman–Crippen LogP) is 2.32. The van der Waals surface area contributed by atoms with Crippen molar-refractivity contribution in [3.8, 4) is 0 Å². The summed E-state index contributed by atoms with van der Waals surface area (Å²) in [7, 11) is 0. The lowest BCUT2D eigenvalue weighted by atomic mass is 9.98. The number of furan rings is 1. The Morgan fingerprint density at radius 3 is 2.72 bits per heavy atom. The van der Waals surface area contributed by atoms with Crippen molar-refractivity contribution in [1.82, 2.24) is 5.32 Å². The van der Waals surface area contributed by atoms with E-state index in [0.717, 1.165) is 5.39 Å². The quantitative estimate of drug-likeness (QED) is 0.875. The molecule has 0 spiro atoms. The molecule has 0 aliphatic rings. The smallest absolute Gasteiger partial charge is 0.255 e. The number of rotatable bonds is 3. The minimum atomic E-state index is -0.685. The average Bonchev–Trinajstić information content (AvgIpc) is 2.71. The van der Waals surface area contributed by atoms with Crippen LogP contribution in [0.5, 0.6) is 0 Å². The molecule has 2 aromatic rings. The number of para-hydroxylation sites is 1. The van der Waals surface area contributed by atoms with Gasteiger partial charge in [0.1, 0.15) is 11.8 Å². The van der Waals surface area contributed by atoms with Crippen molar-refractivity contribution >= 4 is 16.9 Å². The van der Waals surface area contributed by atoms with Gasteiger partial charge < -0.3 is 14.8 Å². The molecule has 1 heterocycles. The third-order valence-corrected chi connectivity index (χ3v) is 3.21. The molecule has 1 aromatic carbocycles. The van der Waals surface area contributed by atoms with Gasteiger partial charge in [-0.3, -0.25) is 4.79 Å². The van der Waals surface area contributed by atoms with Crippen LogP contribution in [0.4, 0.5) is 0 Å². The number of aliphatic hydroxyl groups excluding tert-OH is 1. The van der Waals surface area contributed by atoms with Crippen molar-refractivity contribution in [2.24, 2.45) is 0 Å². The Bertz CT molecular complexity index is 569. The lowest BCUT2D eigenvalue weighted by Crippen LogP contribution is -2.50. The van der Waals surface area contributed by atoms with Gasteiger partial charge in [-0.2, -0.15) is 0 Å². The zero-order chi connectivity index (χ0) is 13.3. The second-order valence-corrected chi connectivity index (χ2v) is 5.00. The molecule has 1 unspecified atom stereocenters. The van der Waals surface area contributed by atoms with Crippen LogP contribution in [0.1, 0.15) is 31.1 Å². The van der Waals surface area contributed by atoms with Crippen LogP contribution in [-0.4, -0.2) is 22.7 Å². The Morgan fingerprint density at radius 1 is 1.39 bits per heavy atom. The van der Waals surface area contributed by atoms with E-state index >= 15 is 0 Å². The van der Waals surface area contributed by atoms with Gasteiger partial charge >= 0.3 is 0 Å². The van der Waals surface area contributed by atoms with Crippen molar-refractivity contribution < 1.29 is 14.3 Å². The molecule has 4 nitrogen and oxygen atoms in total. The highest BCUT2D eigenvalue weighted by Gasteiger charge is 2.27. The minimum Gasteiger partial charge on any atom is -0.463 e. The van der Waals surface area contributed by atoms with Crippen LogP contribution < -0.4 is 5.32 Å². The van der Waals surface area contributed by atoms with Gasteiger partial charge in [-0.1, -0.05) is 18.2 Å². The molecule has 0 bridgehead atoms. The highest BCUT2D eigenvalue weighted by Crippen LogP contribution is 2.21. The Kier molecular flexibility index (Phi) is 3.13. The maximum absolute atomic E-state index is 12.2. The number of hydrogen-bond donors (Lipinski definition) is 2.